The van der Waals surface area contributed by atoms with Gasteiger partial charge in [0.15, 0.2) is 0 Å². The van der Waals surface area contributed by atoms with Gasteiger partial charge in [-0.2, -0.15) is 5.26 Å². The van der Waals surface area contributed by atoms with Gasteiger partial charge in [0.25, 0.3) is 0 Å². The molecule has 1 aliphatic rings. The number of alkyl halides is 3. The predicted molar refractivity (Wildman–Crippen MR) is 84.0 cm³/mol. The number of benzene rings is 2. The van der Waals surface area contributed by atoms with Crippen molar-refractivity contribution in [3.8, 4) is 11.8 Å². The SMILES string of the molecule is N#Cc1cccc(C2CCN(c3ccc(OC(F)(F)F)cc3)C2=O)c1. The number of halogens is 3. The number of rotatable bonds is 3. The first-order valence-electron chi connectivity index (χ1n) is 7.54. The minimum atomic E-state index is -4.75. The first-order valence-corrected chi connectivity index (χ1v) is 7.54. The Morgan fingerprint density at radius 2 is 1.88 bits per heavy atom. The summed E-state index contributed by atoms with van der Waals surface area (Å²) in [5.74, 6) is -0.833. The van der Waals surface area contributed by atoms with E-state index in [9.17, 15) is 18.0 Å². The Labute approximate surface area is 142 Å². The van der Waals surface area contributed by atoms with E-state index in [4.69, 9.17) is 5.26 Å². The lowest BCUT2D eigenvalue weighted by atomic mass is 9.96. The second-order valence-electron chi connectivity index (χ2n) is 5.61. The molecule has 1 amide bonds. The maximum Gasteiger partial charge on any atom is 0.573 e. The first kappa shape index (κ1) is 16.8. The van der Waals surface area contributed by atoms with Crippen molar-refractivity contribution in [2.75, 3.05) is 11.4 Å². The van der Waals surface area contributed by atoms with Crippen molar-refractivity contribution in [3.05, 3.63) is 59.7 Å². The molecule has 1 saturated heterocycles. The lowest BCUT2D eigenvalue weighted by molar-refractivity contribution is -0.274. The van der Waals surface area contributed by atoms with Crippen molar-refractivity contribution in [1.82, 2.24) is 0 Å². The van der Waals surface area contributed by atoms with E-state index in [1.165, 1.54) is 29.2 Å². The number of carbonyl (C=O) groups is 1. The zero-order valence-corrected chi connectivity index (χ0v) is 13.0. The normalized spacial score (nSPS) is 17.4. The molecule has 0 N–H and O–H groups in total. The van der Waals surface area contributed by atoms with Crippen LogP contribution in [0.15, 0.2) is 48.5 Å². The second-order valence-corrected chi connectivity index (χ2v) is 5.61. The summed E-state index contributed by atoms with van der Waals surface area (Å²) >= 11 is 0. The van der Waals surface area contributed by atoms with Crippen LogP contribution in [-0.2, 0) is 4.79 Å². The van der Waals surface area contributed by atoms with Crippen molar-refractivity contribution < 1.29 is 22.7 Å². The Morgan fingerprint density at radius 3 is 2.52 bits per heavy atom. The van der Waals surface area contributed by atoms with Gasteiger partial charge in [-0.3, -0.25) is 4.79 Å². The maximum absolute atomic E-state index is 12.7. The van der Waals surface area contributed by atoms with E-state index in [0.717, 1.165) is 5.56 Å². The Balaban J connectivity index is 1.76. The molecular formula is C18H13F3N2O2. The van der Waals surface area contributed by atoms with Gasteiger partial charge in [-0.1, -0.05) is 12.1 Å². The van der Waals surface area contributed by atoms with Gasteiger partial charge in [0.05, 0.1) is 17.6 Å². The molecule has 0 spiro atoms. The molecule has 0 aliphatic carbocycles. The summed E-state index contributed by atoms with van der Waals surface area (Å²) < 4.78 is 40.4. The molecule has 2 aromatic rings. The predicted octanol–water partition coefficient (Wildman–Crippen LogP) is 3.98. The topological polar surface area (TPSA) is 53.3 Å². The van der Waals surface area contributed by atoms with Crippen LogP contribution < -0.4 is 9.64 Å². The van der Waals surface area contributed by atoms with Crippen molar-refractivity contribution in [2.45, 2.75) is 18.7 Å². The summed E-state index contributed by atoms with van der Waals surface area (Å²) in [4.78, 5) is 14.2. The minimum Gasteiger partial charge on any atom is -0.406 e. The van der Waals surface area contributed by atoms with E-state index in [1.807, 2.05) is 6.07 Å². The highest BCUT2D eigenvalue weighted by molar-refractivity contribution is 6.00. The van der Waals surface area contributed by atoms with Crippen LogP contribution in [0.25, 0.3) is 0 Å². The van der Waals surface area contributed by atoms with Gasteiger partial charge in [0, 0.05) is 12.2 Å². The van der Waals surface area contributed by atoms with Crippen molar-refractivity contribution in [2.24, 2.45) is 0 Å². The van der Waals surface area contributed by atoms with E-state index in [2.05, 4.69) is 4.74 Å². The van der Waals surface area contributed by atoms with Gasteiger partial charge >= 0.3 is 6.36 Å². The van der Waals surface area contributed by atoms with Crippen LogP contribution in [0.3, 0.4) is 0 Å². The maximum atomic E-state index is 12.7. The third-order valence-electron chi connectivity index (χ3n) is 4.01. The molecule has 1 fully saturated rings. The van der Waals surface area contributed by atoms with Crippen LogP contribution >= 0.6 is 0 Å². The van der Waals surface area contributed by atoms with Gasteiger partial charge in [-0.15, -0.1) is 13.2 Å². The molecule has 1 unspecified atom stereocenters. The molecule has 0 saturated carbocycles. The highest BCUT2D eigenvalue weighted by Gasteiger charge is 2.34. The Morgan fingerprint density at radius 1 is 1.16 bits per heavy atom. The number of ether oxygens (including phenoxy) is 1. The average Bonchev–Trinajstić information content (AvgIpc) is 2.96. The van der Waals surface area contributed by atoms with E-state index < -0.39 is 6.36 Å². The summed E-state index contributed by atoms with van der Waals surface area (Å²) in [6, 6.07) is 14.1. The molecule has 4 nitrogen and oxygen atoms in total. The number of nitriles is 1. The molecule has 0 aromatic heterocycles. The fourth-order valence-corrected chi connectivity index (χ4v) is 2.90. The lowest BCUT2D eigenvalue weighted by Gasteiger charge is -2.18. The number of anilines is 1. The molecular weight excluding hydrogens is 333 g/mol. The van der Waals surface area contributed by atoms with Crippen molar-refractivity contribution >= 4 is 11.6 Å². The number of carbonyl (C=O) groups excluding carboxylic acids is 1. The number of hydrogen-bond donors (Lipinski definition) is 0. The summed E-state index contributed by atoms with van der Waals surface area (Å²) in [6.45, 7) is 0.458. The Kier molecular flexibility index (Phi) is 4.36. The molecule has 1 heterocycles. The average molecular weight is 346 g/mol. The fourth-order valence-electron chi connectivity index (χ4n) is 2.90. The van der Waals surface area contributed by atoms with Crippen LogP contribution in [0.4, 0.5) is 18.9 Å². The molecule has 7 heteroatoms. The third kappa shape index (κ3) is 3.74. The second kappa shape index (κ2) is 6.48. The van der Waals surface area contributed by atoms with E-state index in [-0.39, 0.29) is 17.6 Å². The first-order chi connectivity index (χ1) is 11.9. The molecule has 3 rings (SSSR count). The van der Waals surface area contributed by atoms with Crippen LogP contribution in [0.2, 0.25) is 0 Å². The molecule has 25 heavy (non-hydrogen) atoms. The highest BCUT2D eigenvalue weighted by Crippen LogP contribution is 2.33. The smallest absolute Gasteiger partial charge is 0.406 e. The largest absolute Gasteiger partial charge is 0.573 e. The number of amides is 1. The Hall–Kier alpha value is -3.01. The lowest BCUT2D eigenvalue weighted by Crippen LogP contribution is -2.26. The molecule has 1 aliphatic heterocycles. The van der Waals surface area contributed by atoms with Crippen LogP contribution in [0, 0.1) is 11.3 Å². The van der Waals surface area contributed by atoms with Gasteiger partial charge in [0.1, 0.15) is 5.75 Å². The third-order valence-corrected chi connectivity index (χ3v) is 4.01. The van der Waals surface area contributed by atoms with E-state index in [1.54, 1.807) is 24.3 Å². The highest BCUT2D eigenvalue weighted by atomic mass is 19.4. The van der Waals surface area contributed by atoms with Crippen LogP contribution in [0.5, 0.6) is 5.75 Å². The van der Waals surface area contributed by atoms with Crippen LogP contribution in [-0.4, -0.2) is 18.8 Å². The number of hydrogen-bond acceptors (Lipinski definition) is 3. The summed E-state index contributed by atoms with van der Waals surface area (Å²) in [5, 5.41) is 8.97. The monoisotopic (exact) mass is 346 g/mol. The van der Waals surface area contributed by atoms with E-state index in [0.29, 0.717) is 24.2 Å². The zero-order valence-electron chi connectivity index (χ0n) is 13.0. The zero-order chi connectivity index (χ0) is 18.0. The molecule has 2 aromatic carbocycles. The van der Waals surface area contributed by atoms with E-state index >= 15 is 0 Å². The summed E-state index contributed by atoms with van der Waals surface area (Å²) in [6.07, 6.45) is -4.17. The quantitative estimate of drug-likeness (QED) is 0.845. The molecule has 0 radical (unpaired) electrons. The van der Waals surface area contributed by atoms with Crippen molar-refractivity contribution in [1.29, 1.82) is 5.26 Å². The van der Waals surface area contributed by atoms with Gasteiger partial charge in [-0.25, -0.2) is 0 Å². The summed E-state index contributed by atoms with van der Waals surface area (Å²) in [5.41, 5.74) is 1.76. The molecule has 0 bridgehead atoms. The standard InChI is InChI=1S/C18H13F3N2O2/c19-18(20,21)25-15-6-4-14(5-7-15)23-9-8-16(17(23)24)13-3-1-2-12(10-13)11-22/h1-7,10,16H,8-9H2. The van der Waals surface area contributed by atoms with Crippen LogP contribution in [0.1, 0.15) is 23.5 Å². The van der Waals surface area contributed by atoms with Crippen molar-refractivity contribution in [3.63, 3.8) is 0 Å². The fraction of sp³-hybridized carbons (Fsp3) is 0.222. The van der Waals surface area contributed by atoms with Gasteiger partial charge in [0.2, 0.25) is 5.91 Å². The molecule has 1 atom stereocenters. The molecule has 128 valence electrons. The van der Waals surface area contributed by atoms with Gasteiger partial charge in [-0.05, 0) is 48.4 Å². The van der Waals surface area contributed by atoms with Gasteiger partial charge < -0.3 is 9.64 Å². The minimum absolute atomic E-state index is 0.139. The number of nitrogens with zero attached hydrogens (tertiary/aromatic N) is 2. The summed E-state index contributed by atoms with van der Waals surface area (Å²) in [7, 11) is 0. The Bertz CT molecular complexity index is 825.